The first-order valence-electron chi connectivity index (χ1n) is 7.15. The fourth-order valence-corrected chi connectivity index (χ4v) is 2.31. The van der Waals surface area contributed by atoms with Crippen molar-refractivity contribution in [3.63, 3.8) is 0 Å². The molecule has 0 radical (unpaired) electrons. The lowest BCUT2D eigenvalue weighted by atomic mass is 10.1. The number of nitrogens with zero attached hydrogens (tertiary/aromatic N) is 1. The number of para-hydroxylation sites is 1. The van der Waals surface area contributed by atoms with Gasteiger partial charge in [0.2, 0.25) is 0 Å². The van der Waals surface area contributed by atoms with Crippen LogP contribution in [0.15, 0.2) is 60.8 Å². The number of hydrogen-bond acceptors (Lipinski definition) is 4. The highest BCUT2D eigenvalue weighted by molar-refractivity contribution is 5.96. The van der Waals surface area contributed by atoms with E-state index in [9.17, 15) is 9.90 Å². The number of ether oxygens (including phenoxy) is 1. The third kappa shape index (κ3) is 3.30. The number of nitrogens with one attached hydrogen (secondary N) is 1. The number of rotatable bonds is 4. The van der Waals surface area contributed by atoms with Crippen molar-refractivity contribution >= 4 is 22.5 Å². The van der Waals surface area contributed by atoms with Crippen LogP contribution in [0.2, 0.25) is 0 Å². The predicted octanol–water partition coefficient (Wildman–Crippen LogP) is 2.92. The Balaban J connectivity index is 1.79. The summed E-state index contributed by atoms with van der Waals surface area (Å²) in [6.45, 7) is 0. The second-order valence-corrected chi connectivity index (χ2v) is 5.09. The molecule has 0 aliphatic heterocycles. The third-order valence-electron chi connectivity index (χ3n) is 3.52. The largest absolute Gasteiger partial charge is 0.497 e. The summed E-state index contributed by atoms with van der Waals surface area (Å²) in [6.07, 6.45) is 0.287. The van der Waals surface area contributed by atoms with Gasteiger partial charge in [0, 0.05) is 5.39 Å². The number of aliphatic hydroxyl groups excluding tert-OH is 1. The summed E-state index contributed by atoms with van der Waals surface area (Å²) in [5.74, 6) is 0.0667. The number of benzene rings is 2. The highest BCUT2D eigenvalue weighted by Crippen LogP contribution is 2.21. The molecule has 0 spiro atoms. The minimum Gasteiger partial charge on any atom is -0.497 e. The van der Waals surface area contributed by atoms with E-state index in [0.29, 0.717) is 17.0 Å². The Morgan fingerprint density at radius 3 is 2.83 bits per heavy atom. The smallest absolute Gasteiger partial charge is 0.257 e. The van der Waals surface area contributed by atoms with E-state index in [1.165, 1.54) is 7.11 Å². The first-order valence-corrected chi connectivity index (χ1v) is 7.15. The van der Waals surface area contributed by atoms with Crippen molar-refractivity contribution in [1.29, 1.82) is 0 Å². The molecule has 116 valence electrons. The summed E-state index contributed by atoms with van der Waals surface area (Å²) in [4.78, 5) is 16.5. The van der Waals surface area contributed by atoms with E-state index < -0.39 is 12.0 Å². The van der Waals surface area contributed by atoms with E-state index in [1.807, 2.05) is 30.3 Å². The maximum absolute atomic E-state index is 12.2. The Kier molecular flexibility index (Phi) is 4.21. The first-order chi connectivity index (χ1) is 11.2. The van der Waals surface area contributed by atoms with Gasteiger partial charge < -0.3 is 15.2 Å². The van der Waals surface area contributed by atoms with Gasteiger partial charge in [-0.3, -0.25) is 9.78 Å². The Hall–Kier alpha value is -2.92. The average Bonchev–Trinajstić information content (AvgIpc) is 2.61. The monoisotopic (exact) mass is 308 g/mol. The lowest BCUT2D eigenvalue weighted by Crippen LogP contribution is -2.20. The Bertz CT molecular complexity index is 848. The number of hydrogen-bond donors (Lipinski definition) is 2. The van der Waals surface area contributed by atoms with Crippen LogP contribution in [0.3, 0.4) is 0 Å². The topological polar surface area (TPSA) is 71.5 Å². The van der Waals surface area contributed by atoms with Gasteiger partial charge in [-0.25, -0.2) is 0 Å². The van der Waals surface area contributed by atoms with Crippen molar-refractivity contribution in [2.45, 2.75) is 6.10 Å². The van der Waals surface area contributed by atoms with Crippen LogP contribution >= 0.6 is 0 Å². The summed E-state index contributed by atoms with van der Waals surface area (Å²) < 4.78 is 5.10. The molecule has 0 saturated heterocycles. The molecule has 1 atom stereocenters. The molecular formula is C18H16N2O3. The lowest BCUT2D eigenvalue weighted by molar-refractivity contribution is -0.124. The number of pyridine rings is 1. The van der Waals surface area contributed by atoms with Crippen LogP contribution in [0.1, 0.15) is 11.7 Å². The third-order valence-corrected chi connectivity index (χ3v) is 3.52. The molecule has 0 bridgehead atoms. The second-order valence-electron chi connectivity index (χ2n) is 5.09. The van der Waals surface area contributed by atoms with Crippen LogP contribution in [0, 0.1) is 0 Å². The Morgan fingerprint density at radius 2 is 2.00 bits per heavy atom. The molecule has 3 rings (SSSR count). The zero-order valence-corrected chi connectivity index (χ0v) is 12.6. The summed E-state index contributed by atoms with van der Waals surface area (Å²) in [5.41, 5.74) is 1.85. The van der Waals surface area contributed by atoms with E-state index >= 15 is 0 Å². The summed E-state index contributed by atoms with van der Waals surface area (Å²) in [7, 11) is 1.53. The van der Waals surface area contributed by atoms with E-state index in [2.05, 4.69) is 10.3 Å². The van der Waals surface area contributed by atoms with E-state index in [0.717, 1.165) is 10.9 Å². The molecule has 5 nitrogen and oxygen atoms in total. The van der Waals surface area contributed by atoms with Crippen LogP contribution < -0.4 is 10.1 Å². The number of carbonyl (C=O) groups excluding carboxylic acids is 1. The quantitative estimate of drug-likeness (QED) is 0.777. The van der Waals surface area contributed by atoms with Gasteiger partial charge in [0.1, 0.15) is 5.75 Å². The molecule has 2 N–H and O–H groups in total. The highest BCUT2D eigenvalue weighted by atomic mass is 16.5. The van der Waals surface area contributed by atoms with E-state index in [4.69, 9.17) is 4.74 Å². The van der Waals surface area contributed by atoms with Gasteiger partial charge in [0.05, 0.1) is 24.5 Å². The average molecular weight is 308 g/mol. The van der Waals surface area contributed by atoms with Crippen LogP contribution in [0.4, 0.5) is 5.69 Å². The summed E-state index contributed by atoms with van der Waals surface area (Å²) >= 11 is 0. The first kappa shape index (κ1) is 15.0. The van der Waals surface area contributed by atoms with Gasteiger partial charge in [-0.05, 0) is 29.8 Å². The van der Waals surface area contributed by atoms with Gasteiger partial charge in [-0.15, -0.1) is 0 Å². The molecule has 0 fully saturated rings. The molecule has 23 heavy (non-hydrogen) atoms. The van der Waals surface area contributed by atoms with Gasteiger partial charge >= 0.3 is 0 Å². The van der Waals surface area contributed by atoms with E-state index in [-0.39, 0.29) is 0 Å². The molecular weight excluding hydrogens is 292 g/mol. The zero-order chi connectivity index (χ0) is 16.2. The van der Waals surface area contributed by atoms with Crippen molar-refractivity contribution in [2.75, 3.05) is 12.4 Å². The van der Waals surface area contributed by atoms with Gasteiger partial charge in [0.15, 0.2) is 6.10 Å². The molecule has 0 aliphatic rings. The van der Waals surface area contributed by atoms with Crippen molar-refractivity contribution in [3.8, 4) is 5.75 Å². The number of aromatic nitrogens is 1. The van der Waals surface area contributed by atoms with Crippen molar-refractivity contribution in [3.05, 3.63) is 66.4 Å². The van der Waals surface area contributed by atoms with Crippen molar-refractivity contribution in [1.82, 2.24) is 4.98 Å². The predicted molar refractivity (Wildman–Crippen MR) is 88.3 cm³/mol. The number of methoxy groups -OCH3 is 1. The number of aliphatic hydroxyl groups is 1. The fourth-order valence-electron chi connectivity index (χ4n) is 2.31. The molecule has 1 unspecified atom stereocenters. The minimum atomic E-state index is -1.28. The molecule has 2 aromatic carbocycles. The summed E-state index contributed by atoms with van der Waals surface area (Å²) in [5, 5.41) is 13.8. The number of fused-ring (bicyclic) bond motifs is 1. The molecule has 0 aliphatic carbocycles. The number of anilines is 1. The highest BCUT2D eigenvalue weighted by Gasteiger charge is 2.18. The van der Waals surface area contributed by atoms with Crippen LogP contribution in [-0.4, -0.2) is 23.1 Å². The normalized spacial score (nSPS) is 11.9. The number of carbonyl (C=O) groups is 1. The van der Waals surface area contributed by atoms with Crippen LogP contribution in [-0.2, 0) is 4.79 Å². The maximum Gasteiger partial charge on any atom is 0.257 e. The van der Waals surface area contributed by atoms with E-state index in [1.54, 1.807) is 30.5 Å². The standard InChI is InChI=1S/C18H16N2O3/c1-23-15-7-4-6-13(10-15)17(21)18(22)20-14-9-12-5-2-3-8-16(12)19-11-14/h2-11,17,21H,1H3,(H,20,22). The molecule has 0 saturated carbocycles. The van der Waals surface area contributed by atoms with Gasteiger partial charge in [0.25, 0.3) is 5.91 Å². The van der Waals surface area contributed by atoms with Crippen LogP contribution in [0.25, 0.3) is 10.9 Å². The lowest BCUT2D eigenvalue weighted by Gasteiger charge is -2.13. The van der Waals surface area contributed by atoms with Gasteiger partial charge in [-0.1, -0.05) is 30.3 Å². The molecule has 1 heterocycles. The fraction of sp³-hybridized carbons (Fsp3) is 0.111. The van der Waals surface area contributed by atoms with Crippen molar-refractivity contribution < 1.29 is 14.6 Å². The van der Waals surface area contributed by atoms with Crippen molar-refractivity contribution in [2.24, 2.45) is 0 Å². The molecule has 1 aromatic heterocycles. The summed E-state index contributed by atoms with van der Waals surface area (Å²) in [6, 6.07) is 16.2. The SMILES string of the molecule is COc1cccc(C(O)C(=O)Nc2cnc3ccccc3c2)c1. The van der Waals surface area contributed by atoms with Crippen LogP contribution in [0.5, 0.6) is 5.75 Å². The second kappa shape index (κ2) is 6.46. The Morgan fingerprint density at radius 1 is 1.17 bits per heavy atom. The number of amides is 1. The molecule has 5 heteroatoms. The minimum absolute atomic E-state index is 0.468. The zero-order valence-electron chi connectivity index (χ0n) is 12.6. The molecule has 1 amide bonds. The maximum atomic E-state index is 12.2. The Labute approximate surface area is 133 Å². The molecule has 3 aromatic rings. The van der Waals surface area contributed by atoms with Gasteiger partial charge in [-0.2, -0.15) is 0 Å².